The number of aliphatic hydroxyl groups excluding tert-OH is 1. The molecule has 1 spiro atoms. The van der Waals surface area contributed by atoms with E-state index < -0.39 is 6.10 Å². The number of aliphatic hydroxyl groups is 1. The molecule has 1 amide bonds. The molecule has 0 aliphatic carbocycles. The summed E-state index contributed by atoms with van der Waals surface area (Å²) in [5.41, 5.74) is 0.962. The Morgan fingerprint density at radius 2 is 2.32 bits per heavy atom. The lowest BCUT2D eigenvalue weighted by Gasteiger charge is -2.52. The molecule has 120 valence electrons. The summed E-state index contributed by atoms with van der Waals surface area (Å²) in [5, 5.41) is 9.14. The lowest BCUT2D eigenvalue weighted by Crippen LogP contribution is -2.63. The maximum Gasteiger partial charge on any atom is 0.263 e. The number of benzene rings is 1. The van der Waals surface area contributed by atoms with Gasteiger partial charge in [-0.05, 0) is 37.5 Å². The van der Waals surface area contributed by atoms with Gasteiger partial charge in [0, 0.05) is 25.1 Å². The lowest BCUT2D eigenvalue weighted by molar-refractivity contribution is -0.160. The van der Waals surface area contributed by atoms with Gasteiger partial charge in [0.1, 0.15) is 5.75 Å². The second kappa shape index (κ2) is 6.26. The Bertz CT molecular complexity index is 531. The zero-order valence-corrected chi connectivity index (χ0v) is 13.0. The highest BCUT2D eigenvalue weighted by molar-refractivity contribution is 5.81. The summed E-state index contributed by atoms with van der Waals surface area (Å²) in [7, 11) is 0. The average Bonchev–Trinajstić information content (AvgIpc) is 2.52. The monoisotopic (exact) mass is 305 g/mol. The van der Waals surface area contributed by atoms with Gasteiger partial charge in [0.05, 0.1) is 13.2 Å². The first-order valence-electron chi connectivity index (χ1n) is 7.85. The lowest BCUT2D eigenvalue weighted by atomic mass is 9.75. The molecule has 22 heavy (non-hydrogen) atoms. The van der Waals surface area contributed by atoms with Gasteiger partial charge in [0.15, 0.2) is 6.10 Å². The standard InChI is InChI=1S/C17H23NO4/c1-13(22-15-5-2-4-14(8-15)9-19)16(20)18-10-17(11-18)6-3-7-21-12-17/h2,4-5,8,13,19H,3,6-7,9-12H2,1H3. The summed E-state index contributed by atoms with van der Waals surface area (Å²) in [6, 6.07) is 7.20. The smallest absolute Gasteiger partial charge is 0.263 e. The number of carbonyl (C=O) groups is 1. The topological polar surface area (TPSA) is 59.0 Å². The van der Waals surface area contributed by atoms with Gasteiger partial charge in [0.2, 0.25) is 0 Å². The predicted octanol–water partition coefficient (Wildman–Crippen LogP) is 1.59. The van der Waals surface area contributed by atoms with Crippen LogP contribution in [0.1, 0.15) is 25.3 Å². The fourth-order valence-corrected chi connectivity index (χ4v) is 3.31. The first-order chi connectivity index (χ1) is 10.6. The Hall–Kier alpha value is -1.59. The first-order valence-corrected chi connectivity index (χ1v) is 7.85. The van der Waals surface area contributed by atoms with Crippen LogP contribution in [0.3, 0.4) is 0 Å². The van der Waals surface area contributed by atoms with Crippen molar-refractivity contribution in [2.24, 2.45) is 5.41 Å². The number of ether oxygens (including phenoxy) is 2. The minimum absolute atomic E-state index is 0.0191. The van der Waals surface area contributed by atoms with E-state index in [4.69, 9.17) is 14.6 Å². The van der Waals surface area contributed by atoms with E-state index in [1.54, 1.807) is 19.1 Å². The van der Waals surface area contributed by atoms with Gasteiger partial charge in [-0.15, -0.1) is 0 Å². The van der Waals surface area contributed by atoms with E-state index in [9.17, 15) is 4.79 Å². The van der Waals surface area contributed by atoms with Crippen LogP contribution in [0.15, 0.2) is 24.3 Å². The Morgan fingerprint density at radius 3 is 3.00 bits per heavy atom. The Morgan fingerprint density at radius 1 is 1.50 bits per heavy atom. The van der Waals surface area contributed by atoms with Crippen molar-refractivity contribution < 1.29 is 19.4 Å². The molecule has 1 N–H and O–H groups in total. The second-order valence-electron chi connectivity index (χ2n) is 6.42. The van der Waals surface area contributed by atoms with E-state index >= 15 is 0 Å². The van der Waals surface area contributed by atoms with Crippen LogP contribution >= 0.6 is 0 Å². The van der Waals surface area contributed by atoms with E-state index in [-0.39, 0.29) is 17.9 Å². The number of amides is 1. The maximum atomic E-state index is 12.4. The van der Waals surface area contributed by atoms with Crippen LogP contribution in [0.4, 0.5) is 0 Å². The summed E-state index contributed by atoms with van der Waals surface area (Å²) in [5.74, 6) is 0.634. The third kappa shape index (κ3) is 3.10. The fourth-order valence-electron chi connectivity index (χ4n) is 3.31. The van der Waals surface area contributed by atoms with Crippen LogP contribution in [0.25, 0.3) is 0 Å². The van der Waals surface area contributed by atoms with Crippen molar-refractivity contribution in [3.63, 3.8) is 0 Å². The van der Waals surface area contributed by atoms with Crippen molar-refractivity contribution >= 4 is 5.91 Å². The molecule has 0 aromatic heterocycles. The van der Waals surface area contributed by atoms with Crippen LogP contribution in [0.2, 0.25) is 0 Å². The summed E-state index contributed by atoms with van der Waals surface area (Å²) in [4.78, 5) is 14.3. The molecule has 5 nitrogen and oxygen atoms in total. The second-order valence-corrected chi connectivity index (χ2v) is 6.42. The molecule has 2 heterocycles. The molecule has 0 bridgehead atoms. The van der Waals surface area contributed by atoms with Crippen LogP contribution in [0, 0.1) is 5.41 Å². The number of rotatable bonds is 4. The van der Waals surface area contributed by atoms with E-state index in [0.717, 1.165) is 44.7 Å². The summed E-state index contributed by atoms with van der Waals surface area (Å²) < 4.78 is 11.3. The third-order valence-corrected chi connectivity index (χ3v) is 4.51. The zero-order valence-electron chi connectivity index (χ0n) is 13.0. The molecule has 3 rings (SSSR count). The van der Waals surface area contributed by atoms with Gasteiger partial charge >= 0.3 is 0 Å². The van der Waals surface area contributed by atoms with Crippen molar-refractivity contribution in [1.82, 2.24) is 4.90 Å². The molecular weight excluding hydrogens is 282 g/mol. The van der Waals surface area contributed by atoms with E-state index in [0.29, 0.717) is 5.75 Å². The van der Waals surface area contributed by atoms with Crippen molar-refractivity contribution in [3.8, 4) is 5.75 Å². The Labute approximate surface area is 130 Å². The number of hydrogen-bond acceptors (Lipinski definition) is 4. The highest BCUT2D eigenvalue weighted by Crippen LogP contribution is 2.38. The summed E-state index contributed by atoms with van der Waals surface area (Å²) in [6.45, 7) is 4.90. The Kier molecular flexibility index (Phi) is 4.36. The largest absolute Gasteiger partial charge is 0.481 e. The van der Waals surface area contributed by atoms with E-state index in [1.165, 1.54) is 0 Å². The fraction of sp³-hybridized carbons (Fsp3) is 0.588. The number of likely N-dealkylation sites (tertiary alicyclic amines) is 1. The van der Waals surface area contributed by atoms with Gasteiger partial charge in [-0.3, -0.25) is 4.79 Å². The molecule has 2 aliphatic heterocycles. The Balaban J connectivity index is 1.54. The number of hydrogen-bond donors (Lipinski definition) is 1. The highest BCUT2D eigenvalue weighted by Gasteiger charge is 2.47. The minimum Gasteiger partial charge on any atom is -0.481 e. The van der Waals surface area contributed by atoms with Crippen LogP contribution in [0.5, 0.6) is 5.75 Å². The molecular formula is C17H23NO4. The molecule has 1 aromatic carbocycles. The summed E-state index contributed by atoms with van der Waals surface area (Å²) in [6.07, 6.45) is 1.71. The van der Waals surface area contributed by atoms with E-state index in [1.807, 2.05) is 17.0 Å². The third-order valence-electron chi connectivity index (χ3n) is 4.51. The van der Waals surface area contributed by atoms with Gasteiger partial charge in [0.25, 0.3) is 5.91 Å². The first kappa shape index (κ1) is 15.3. The van der Waals surface area contributed by atoms with Crippen LogP contribution < -0.4 is 4.74 Å². The number of carbonyl (C=O) groups excluding carboxylic acids is 1. The zero-order chi connectivity index (χ0) is 15.6. The van der Waals surface area contributed by atoms with Crippen molar-refractivity contribution in [2.45, 2.75) is 32.5 Å². The van der Waals surface area contributed by atoms with Gasteiger partial charge < -0.3 is 19.5 Å². The van der Waals surface area contributed by atoms with E-state index in [2.05, 4.69) is 0 Å². The van der Waals surface area contributed by atoms with Crippen molar-refractivity contribution in [3.05, 3.63) is 29.8 Å². The SMILES string of the molecule is CC(Oc1cccc(CO)c1)C(=O)N1CC2(CCCOC2)C1. The molecule has 5 heteroatoms. The van der Waals surface area contributed by atoms with Crippen molar-refractivity contribution in [2.75, 3.05) is 26.3 Å². The highest BCUT2D eigenvalue weighted by atomic mass is 16.5. The van der Waals surface area contributed by atoms with Gasteiger partial charge in [-0.2, -0.15) is 0 Å². The molecule has 1 unspecified atom stereocenters. The summed E-state index contributed by atoms with van der Waals surface area (Å²) >= 11 is 0. The number of nitrogens with zero attached hydrogens (tertiary/aromatic N) is 1. The van der Waals surface area contributed by atoms with Gasteiger partial charge in [-0.25, -0.2) is 0 Å². The predicted molar refractivity (Wildman–Crippen MR) is 81.5 cm³/mol. The molecule has 1 atom stereocenters. The molecule has 2 fully saturated rings. The normalized spacial score (nSPS) is 21.3. The molecule has 0 saturated carbocycles. The van der Waals surface area contributed by atoms with Crippen molar-refractivity contribution in [1.29, 1.82) is 0 Å². The molecule has 2 aliphatic rings. The minimum atomic E-state index is -0.518. The molecule has 0 radical (unpaired) electrons. The van der Waals surface area contributed by atoms with Gasteiger partial charge in [-0.1, -0.05) is 12.1 Å². The van der Waals surface area contributed by atoms with Crippen LogP contribution in [-0.2, 0) is 16.1 Å². The molecule has 1 aromatic rings. The quantitative estimate of drug-likeness (QED) is 0.917. The maximum absolute atomic E-state index is 12.4. The van der Waals surface area contributed by atoms with Crippen LogP contribution in [-0.4, -0.2) is 48.3 Å². The average molecular weight is 305 g/mol. The molecule has 2 saturated heterocycles.